The zero-order valence-electron chi connectivity index (χ0n) is 16.6. The van der Waals surface area contributed by atoms with Gasteiger partial charge in [-0.1, -0.05) is 69.2 Å². The first-order valence-corrected chi connectivity index (χ1v) is 9.08. The molecule has 0 aromatic heterocycles. The first-order chi connectivity index (χ1) is 12.7. The minimum Gasteiger partial charge on any atom is -0.855 e. The Morgan fingerprint density at radius 3 is 1.41 bits per heavy atom. The van der Waals surface area contributed by atoms with E-state index in [1.807, 2.05) is 0 Å². The third-order valence-electron chi connectivity index (χ3n) is 3.25. The molecule has 144 valence electrons. The van der Waals surface area contributed by atoms with Gasteiger partial charge in [0.2, 0.25) is 0 Å². The summed E-state index contributed by atoms with van der Waals surface area (Å²) in [5.74, 6) is 1.42. The Balaban J connectivity index is 0. The van der Waals surface area contributed by atoms with Gasteiger partial charge in [-0.25, -0.2) is 0 Å². The van der Waals surface area contributed by atoms with Gasteiger partial charge in [0.1, 0.15) is 0 Å². The Hall–Kier alpha value is -1.19. The van der Waals surface area contributed by atoms with E-state index in [0.29, 0.717) is 0 Å². The van der Waals surface area contributed by atoms with E-state index in [-0.39, 0.29) is 46.0 Å². The molecule has 0 spiro atoms. The second-order valence-corrected chi connectivity index (χ2v) is 5.26. The molecule has 1 aromatic carbocycles. The maximum Gasteiger partial charge on any atom is 4.00 e. The molecule has 3 rings (SSSR count). The van der Waals surface area contributed by atoms with Crippen LogP contribution in [-0.2, 0) is 26.2 Å². The van der Waals surface area contributed by atoms with Crippen molar-refractivity contribution in [2.45, 2.75) is 33.6 Å². The Kier molecular flexibility index (Phi) is 20.3. The molecule has 0 amide bonds. The predicted molar refractivity (Wildman–Crippen MR) is 104 cm³/mol. The van der Waals surface area contributed by atoms with E-state index in [4.69, 9.17) is 15.3 Å². The van der Waals surface area contributed by atoms with Crippen LogP contribution in [-0.4, -0.2) is 19.8 Å². The zero-order chi connectivity index (χ0) is 19.6. The molecule has 27 heavy (non-hydrogen) atoms. The fourth-order valence-electron chi connectivity index (χ4n) is 2.45. The van der Waals surface area contributed by atoms with Crippen LogP contribution in [0.5, 0.6) is 0 Å². The van der Waals surface area contributed by atoms with Gasteiger partial charge in [-0.3, -0.25) is 0 Å². The van der Waals surface area contributed by atoms with Crippen LogP contribution in [0.15, 0.2) is 77.9 Å². The summed E-state index contributed by atoms with van der Waals surface area (Å²) in [7, 11) is 0. The molecule has 0 heterocycles. The van der Waals surface area contributed by atoms with E-state index < -0.39 is 0 Å². The molecule has 0 N–H and O–H groups in total. The molecule has 1 aromatic rings. The summed E-state index contributed by atoms with van der Waals surface area (Å²) in [4.78, 5) is 0. The van der Waals surface area contributed by atoms with Crippen LogP contribution in [0.4, 0.5) is 0 Å². The van der Waals surface area contributed by atoms with E-state index in [1.54, 1.807) is 20.8 Å². The van der Waals surface area contributed by atoms with Gasteiger partial charge in [-0.15, -0.1) is 60.8 Å². The standard InChI is InChI=1S/C17H15.3C2H5O.Zr/c1-2-8-14(9-3-1)17(15-10-4-5-11-15)16-12-6-7-13-16;3*1-2-3;/h1-10,12H,11,13H2;3*2H2,1H3;/q4*-1;+4. The fourth-order valence-corrected chi connectivity index (χ4v) is 2.45. The number of rotatable bonds is 3. The summed E-state index contributed by atoms with van der Waals surface area (Å²) in [5.41, 5.74) is 4.20. The van der Waals surface area contributed by atoms with Crippen molar-refractivity contribution >= 4 is 0 Å². The van der Waals surface area contributed by atoms with Crippen molar-refractivity contribution in [2.24, 2.45) is 0 Å². The van der Waals surface area contributed by atoms with Gasteiger partial charge in [-0.2, -0.15) is 0 Å². The van der Waals surface area contributed by atoms with Crippen molar-refractivity contribution in [3.05, 3.63) is 89.4 Å². The molecule has 3 nitrogen and oxygen atoms in total. The summed E-state index contributed by atoms with van der Waals surface area (Å²) >= 11 is 0. The van der Waals surface area contributed by atoms with Crippen molar-refractivity contribution in [1.29, 1.82) is 0 Å². The van der Waals surface area contributed by atoms with E-state index in [1.165, 1.54) is 22.6 Å². The normalized spacial score (nSPS) is 12.8. The van der Waals surface area contributed by atoms with Gasteiger partial charge in [0.05, 0.1) is 0 Å². The van der Waals surface area contributed by atoms with Crippen molar-refractivity contribution in [2.75, 3.05) is 19.8 Å². The molecular formula is C23H30O3Zr. The van der Waals surface area contributed by atoms with Crippen LogP contribution >= 0.6 is 0 Å². The maximum atomic E-state index is 8.93. The monoisotopic (exact) mass is 444 g/mol. The van der Waals surface area contributed by atoms with Crippen LogP contribution in [0.1, 0.15) is 39.2 Å². The van der Waals surface area contributed by atoms with Crippen molar-refractivity contribution in [3.8, 4) is 0 Å². The van der Waals surface area contributed by atoms with E-state index >= 15 is 0 Å². The Morgan fingerprint density at radius 2 is 1.11 bits per heavy atom. The van der Waals surface area contributed by atoms with Gasteiger partial charge < -0.3 is 15.3 Å². The van der Waals surface area contributed by atoms with Crippen LogP contribution < -0.4 is 15.3 Å². The second-order valence-electron chi connectivity index (χ2n) is 5.26. The number of hydrogen-bond donors (Lipinski definition) is 0. The molecule has 2 aliphatic carbocycles. The smallest absolute Gasteiger partial charge is 0.855 e. The van der Waals surface area contributed by atoms with Gasteiger partial charge in [0.15, 0.2) is 0 Å². The van der Waals surface area contributed by atoms with E-state index in [9.17, 15) is 0 Å². The quantitative estimate of drug-likeness (QED) is 0.671. The molecule has 0 radical (unpaired) electrons. The van der Waals surface area contributed by atoms with Gasteiger partial charge in [0, 0.05) is 0 Å². The molecule has 0 saturated heterocycles. The maximum absolute atomic E-state index is 8.93. The molecule has 2 aliphatic rings. The van der Waals surface area contributed by atoms with Gasteiger partial charge in [-0.05, 0) is 12.8 Å². The van der Waals surface area contributed by atoms with Crippen LogP contribution in [0.3, 0.4) is 0 Å². The minimum absolute atomic E-state index is 0. The van der Waals surface area contributed by atoms with Crippen molar-refractivity contribution in [3.63, 3.8) is 0 Å². The second kappa shape index (κ2) is 19.6. The van der Waals surface area contributed by atoms with Crippen molar-refractivity contribution < 1.29 is 41.5 Å². The fraction of sp³-hybridized carbons (Fsp3) is 0.348. The first kappa shape index (κ1) is 28.0. The topological polar surface area (TPSA) is 69.2 Å². The molecule has 0 atom stereocenters. The molecular weight excluding hydrogens is 415 g/mol. The van der Waals surface area contributed by atoms with E-state index in [2.05, 4.69) is 66.8 Å². The molecule has 0 bridgehead atoms. The first-order valence-electron chi connectivity index (χ1n) is 9.08. The number of hydrogen-bond acceptors (Lipinski definition) is 3. The SMILES string of the molecule is C1=CCC([C-](C2=CC=CC2)c2ccccc2)=C1.CC[O-].CC[O-].CC[O-].[Zr+4]. The third-order valence-corrected chi connectivity index (χ3v) is 3.25. The zero-order valence-corrected chi connectivity index (χ0v) is 19.1. The summed E-state index contributed by atoms with van der Waals surface area (Å²) in [6.45, 7) is 4.71. The Labute approximate surface area is 184 Å². The minimum atomic E-state index is 0. The third kappa shape index (κ3) is 12.0. The van der Waals surface area contributed by atoms with Gasteiger partial charge in [0.25, 0.3) is 0 Å². The molecule has 0 fully saturated rings. The average molecular weight is 446 g/mol. The Bertz CT molecular complexity index is 540. The molecule has 4 heteroatoms. The molecule has 0 aliphatic heterocycles. The summed E-state index contributed by atoms with van der Waals surface area (Å²) < 4.78 is 0. The average Bonchev–Trinajstić information content (AvgIpc) is 3.33. The van der Waals surface area contributed by atoms with Crippen LogP contribution in [0.2, 0.25) is 0 Å². The van der Waals surface area contributed by atoms with Gasteiger partial charge >= 0.3 is 26.2 Å². The summed E-state index contributed by atoms with van der Waals surface area (Å²) in [5, 5.41) is 26.8. The Morgan fingerprint density at radius 1 is 0.741 bits per heavy atom. The summed E-state index contributed by atoms with van der Waals surface area (Å²) in [6, 6.07) is 10.7. The molecule has 0 saturated carbocycles. The predicted octanol–water partition coefficient (Wildman–Crippen LogP) is 2.48. The number of allylic oxidation sites excluding steroid dienone is 8. The molecule has 0 unspecified atom stereocenters. The van der Waals surface area contributed by atoms with Crippen molar-refractivity contribution in [1.82, 2.24) is 0 Å². The summed E-state index contributed by atoms with van der Waals surface area (Å²) in [6.07, 6.45) is 15.3. The van der Waals surface area contributed by atoms with E-state index in [0.717, 1.165) is 12.8 Å². The largest absolute Gasteiger partial charge is 4.00 e. The van der Waals surface area contributed by atoms with Crippen LogP contribution in [0.25, 0.3) is 0 Å². The number of benzene rings is 1. The van der Waals surface area contributed by atoms with Crippen LogP contribution in [0, 0.1) is 5.92 Å².